The van der Waals surface area contributed by atoms with Crippen molar-refractivity contribution in [3.05, 3.63) is 0 Å². The molecular weight excluding hydrogens is 380 g/mol. The second-order valence-electron chi connectivity index (χ2n) is 10.5. The Labute approximate surface area is 181 Å². The van der Waals surface area contributed by atoms with Crippen molar-refractivity contribution >= 4 is 17.7 Å². The summed E-state index contributed by atoms with van der Waals surface area (Å²) in [5.41, 5.74) is -0.319. The minimum atomic E-state index is -0.226. The Kier molecular flexibility index (Phi) is 6.98. The van der Waals surface area contributed by atoms with Gasteiger partial charge in [0.15, 0.2) is 0 Å². The average Bonchev–Trinajstić information content (AvgIpc) is 3.00. The minimum Gasteiger partial charge on any atom is -0.469 e. The molecule has 0 N–H and O–H groups in total. The maximum atomic E-state index is 12.7. The van der Waals surface area contributed by atoms with E-state index in [-0.39, 0.29) is 34.8 Å². The fourth-order valence-electron chi connectivity index (χ4n) is 7.47. The molecule has 3 aliphatic carbocycles. The number of methoxy groups -OCH3 is 1. The van der Waals surface area contributed by atoms with E-state index in [0.717, 1.165) is 51.4 Å². The molecule has 0 aliphatic heterocycles. The molecular formula is C25H40O5. The molecule has 0 saturated heterocycles. The predicted octanol–water partition coefficient (Wildman–Crippen LogP) is 5.10. The Morgan fingerprint density at radius 2 is 1.90 bits per heavy atom. The van der Waals surface area contributed by atoms with E-state index in [9.17, 15) is 14.4 Å². The molecule has 5 nitrogen and oxygen atoms in total. The summed E-state index contributed by atoms with van der Waals surface area (Å²) in [6.45, 7) is 8.18. The molecule has 0 heterocycles. The summed E-state index contributed by atoms with van der Waals surface area (Å²) in [6.07, 6.45) is 8.69. The van der Waals surface area contributed by atoms with Crippen LogP contribution in [0, 0.1) is 34.5 Å². The SMILES string of the molecule is CCCC[C@H]1C(OC(C)=O)C[C@@H]2[C@H](CC[C@]3(C)C(=O)CC[C@@H]23)[C@@]1(C)CCC(=O)OC. The van der Waals surface area contributed by atoms with Gasteiger partial charge >= 0.3 is 11.9 Å². The summed E-state index contributed by atoms with van der Waals surface area (Å²) in [4.78, 5) is 36.8. The number of hydrogen-bond donors (Lipinski definition) is 0. The number of hydrogen-bond acceptors (Lipinski definition) is 5. The van der Waals surface area contributed by atoms with Crippen LogP contribution in [0.4, 0.5) is 0 Å². The lowest BCUT2D eigenvalue weighted by Gasteiger charge is -2.60. The molecule has 7 atom stereocenters. The number of unbranched alkanes of at least 4 members (excludes halogenated alkanes) is 1. The molecule has 5 heteroatoms. The van der Waals surface area contributed by atoms with Gasteiger partial charge in [0.1, 0.15) is 11.9 Å². The maximum absolute atomic E-state index is 12.7. The second-order valence-corrected chi connectivity index (χ2v) is 10.5. The molecule has 0 aromatic rings. The van der Waals surface area contributed by atoms with Crippen LogP contribution in [0.1, 0.15) is 91.9 Å². The molecule has 3 rings (SSSR count). The first-order valence-corrected chi connectivity index (χ1v) is 11.9. The number of carbonyl (C=O) groups excluding carboxylic acids is 3. The Morgan fingerprint density at radius 3 is 2.53 bits per heavy atom. The van der Waals surface area contributed by atoms with Crippen LogP contribution in [-0.4, -0.2) is 30.9 Å². The molecule has 0 radical (unpaired) electrons. The third-order valence-corrected chi connectivity index (χ3v) is 9.07. The van der Waals surface area contributed by atoms with Crippen LogP contribution in [0.5, 0.6) is 0 Å². The smallest absolute Gasteiger partial charge is 0.305 e. The van der Waals surface area contributed by atoms with E-state index in [0.29, 0.717) is 36.4 Å². The van der Waals surface area contributed by atoms with E-state index in [1.807, 2.05) is 0 Å². The zero-order valence-electron chi connectivity index (χ0n) is 19.5. The largest absolute Gasteiger partial charge is 0.469 e. The number of ketones is 1. The highest BCUT2D eigenvalue weighted by atomic mass is 16.5. The lowest BCUT2D eigenvalue weighted by molar-refractivity contribution is -0.180. The second kappa shape index (κ2) is 9.00. The molecule has 3 fully saturated rings. The molecule has 30 heavy (non-hydrogen) atoms. The summed E-state index contributed by atoms with van der Waals surface area (Å²) >= 11 is 0. The Hall–Kier alpha value is -1.39. The standard InChI is InChI=1S/C25H40O5/c1-6-7-8-20-21(30-16(2)26)15-17-18-9-10-22(27)25(18,4)13-11-19(17)24(20,3)14-12-23(28)29-5/h17-21H,6-15H2,1-5H3/t17-,18-,19-,20-,21?,24+,25-/m0/s1. The molecule has 170 valence electrons. The number of carbonyl (C=O) groups is 3. The van der Waals surface area contributed by atoms with Crippen molar-refractivity contribution in [2.75, 3.05) is 7.11 Å². The van der Waals surface area contributed by atoms with Gasteiger partial charge in [-0.3, -0.25) is 14.4 Å². The van der Waals surface area contributed by atoms with Crippen LogP contribution in [-0.2, 0) is 23.9 Å². The van der Waals surface area contributed by atoms with E-state index in [2.05, 4.69) is 20.8 Å². The Balaban J connectivity index is 1.98. The van der Waals surface area contributed by atoms with E-state index in [1.54, 1.807) is 0 Å². The summed E-state index contributed by atoms with van der Waals surface area (Å²) in [5.74, 6) is 1.46. The number of rotatable bonds is 7. The number of ether oxygens (including phenoxy) is 2. The van der Waals surface area contributed by atoms with Crippen molar-refractivity contribution in [3.63, 3.8) is 0 Å². The van der Waals surface area contributed by atoms with Crippen LogP contribution in [0.3, 0.4) is 0 Å². The molecule has 0 aromatic carbocycles. The fraction of sp³-hybridized carbons (Fsp3) is 0.880. The first-order chi connectivity index (χ1) is 14.2. The van der Waals surface area contributed by atoms with Crippen molar-refractivity contribution in [3.8, 4) is 0 Å². The highest BCUT2D eigenvalue weighted by Gasteiger charge is 2.61. The van der Waals surface area contributed by atoms with Crippen molar-refractivity contribution in [2.24, 2.45) is 34.5 Å². The van der Waals surface area contributed by atoms with Gasteiger partial charge < -0.3 is 9.47 Å². The molecule has 1 unspecified atom stereocenters. The van der Waals surface area contributed by atoms with E-state index in [4.69, 9.17) is 9.47 Å². The minimum absolute atomic E-state index is 0.0979. The summed E-state index contributed by atoms with van der Waals surface area (Å²) in [7, 11) is 1.45. The molecule has 0 bridgehead atoms. The van der Waals surface area contributed by atoms with Gasteiger partial charge in [0.05, 0.1) is 7.11 Å². The summed E-state index contributed by atoms with van der Waals surface area (Å²) < 4.78 is 10.9. The summed E-state index contributed by atoms with van der Waals surface area (Å²) in [6, 6.07) is 0. The Morgan fingerprint density at radius 1 is 1.17 bits per heavy atom. The van der Waals surface area contributed by atoms with Crippen LogP contribution >= 0.6 is 0 Å². The Bertz CT molecular complexity index is 672. The normalized spacial score (nSPS) is 40.4. The van der Waals surface area contributed by atoms with Gasteiger partial charge in [-0.05, 0) is 61.7 Å². The first-order valence-electron chi connectivity index (χ1n) is 11.9. The van der Waals surface area contributed by atoms with Crippen molar-refractivity contribution in [2.45, 2.75) is 98.0 Å². The van der Waals surface area contributed by atoms with Gasteiger partial charge in [-0.1, -0.05) is 33.6 Å². The number of Topliss-reactive ketones (excluding diaryl/α,β-unsaturated/α-hetero) is 1. The van der Waals surface area contributed by atoms with Crippen LogP contribution < -0.4 is 0 Å². The van der Waals surface area contributed by atoms with E-state index in [1.165, 1.54) is 14.0 Å². The topological polar surface area (TPSA) is 69.7 Å². The maximum Gasteiger partial charge on any atom is 0.305 e. The van der Waals surface area contributed by atoms with Gasteiger partial charge in [0, 0.05) is 31.1 Å². The summed E-state index contributed by atoms with van der Waals surface area (Å²) in [5, 5.41) is 0. The van der Waals surface area contributed by atoms with Crippen LogP contribution in [0.2, 0.25) is 0 Å². The molecule has 3 aliphatic rings. The van der Waals surface area contributed by atoms with Crippen LogP contribution in [0.15, 0.2) is 0 Å². The third-order valence-electron chi connectivity index (χ3n) is 9.07. The van der Waals surface area contributed by atoms with Crippen molar-refractivity contribution in [1.82, 2.24) is 0 Å². The third kappa shape index (κ3) is 4.05. The van der Waals surface area contributed by atoms with Crippen molar-refractivity contribution < 1.29 is 23.9 Å². The number of fused-ring (bicyclic) bond motifs is 3. The van der Waals surface area contributed by atoms with E-state index >= 15 is 0 Å². The molecule has 0 aromatic heterocycles. The quantitative estimate of drug-likeness (QED) is 0.536. The van der Waals surface area contributed by atoms with Gasteiger partial charge in [-0.15, -0.1) is 0 Å². The highest BCUT2D eigenvalue weighted by Crippen LogP contribution is 2.64. The van der Waals surface area contributed by atoms with Gasteiger partial charge in [-0.2, -0.15) is 0 Å². The van der Waals surface area contributed by atoms with Gasteiger partial charge in [0.25, 0.3) is 0 Å². The molecule has 0 spiro atoms. The zero-order chi connectivity index (χ0) is 22.1. The monoisotopic (exact) mass is 420 g/mol. The number of esters is 2. The predicted molar refractivity (Wildman–Crippen MR) is 115 cm³/mol. The molecule has 3 saturated carbocycles. The fourth-order valence-corrected chi connectivity index (χ4v) is 7.47. The van der Waals surface area contributed by atoms with Gasteiger partial charge in [0.2, 0.25) is 0 Å². The lowest BCUT2D eigenvalue weighted by atomic mass is 9.46. The van der Waals surface area contributed by atoms with Gasteiger partial charge in [-0.25, -0.2) is 0 Å². The highest BCUT2D eigenvalue weighted by molar-refractivity contribution is 5.87. The van der Waals surface area contributed by atoms with E-state index < -0.39 is 0 Å². The average molecular weight is 421 g/mol. The molecule has 0 amide bonds. The van der Waals surface area contributed by atoms with Crippen LogP contribution in [0.25, 0.3) is 0 Å². The van der Waals surface area contributed by atoms with Crippen molar-refractivity contribution in [1.29, 1.82) is 0 Å². The lowest BCUT2D eigenvalue weighted by Crippen LogP contribution is -2.57. The first kappa shape index (κ1) is 23.3. The zero-order valence-corrected chi connectivity index (χ0v) is 19.5.